The third-order valence-corrected chi connectivity index (χ3v) is 2.35. The molecule has 0 radical (unpaired) electrons. The summed E-state index contributed by atoms with van der Waals surface area (Å²) in [7, 11) is 1.50. The maximum atomic E-state index is 13.6. The Labute approximate surface area is 100.0 Å². The topological polar surface area (TPSA) is 64.3 Å². The van der Waals surface area contributed by atoms with Gasteiger partial charge in [-0.2, -0.15) is 0 Å². The lowest BCUT2D eigenvalue weighted by Crippen LogP contribution is -2.33. The van der Waals surface area contributed by atoms with Gasteiger partial charge >= 0.3 is 0 Å². The summed E-state index contributed by atoms with van der Waals surface area (Å²) >= 11 is 0. The molecule has 1 unspecified atom stereocenters. The van der Waals surface area contributed by atoms with Crippen LogP contribution in [0, 0.1) is 5.82 Å². The zero-order chi connectivity index (χ0) is 12.8. The normalized spacial score (nSPS) is 12.0. The number of carbonyl (C=O) groups is 1. The fraction of sp³-hybridized carbons (Fsp3) is 0.417. The van der Waals surface area contributed by atoms with E-state index < -0.39 is 11.9 Å². The van der Waals surface area contributed by atoms with Crippen LogP contribution >= 0.6 is 0 Å². The van der Waals surface area contributed by atoms with Crippen LogP contribution < -0.4 is 15.8 Å². The molecule has 1 rings (SSSR count). The maximum absolute atomic E-state index is 13.6. The molecule has 0 aliphatic carbocycles. The Hall–Kier alpha value is -1.62. The van der Waals surface area contributed by atoms with Crippen LogP contribution in [0.3, 0.4) is 0 Å². The van der Waals surface area contributed by atoms with E-state index in [0.29, 0.717) is 13.0 Å². The van der Waals surface area contributed by atoms with E-state index in [1.54, 1.807) is 13.0 Å². The summed E-state index contributed by atoms with van der Waals surface area (Å²) in [5, 5.41) is 2.43. The van der Waals surface area contributed by atoms with Crippen LogP contribution in [-0.2, 0) is 11.2 Å². The van der Waals surface area contributed by atoms with Gasteiger partial charge in [0.15, 0.2) is 17.7 Å². The van der Waals surface area contributed by atoms with Gasteiger partial charge in [-0.1, -0.05) is 6.07 Å². The Morgan fingerprint density at radius 1 is 1.59 bits per heavy atom. The van der Waals surface area contributed by atoms with E-state index in [1.807, 2.05) is 0 Å². The molecule has 0 fully saturated rings. The molecular formula is C12H17FN2O2. The molecular weight excluding hydrogens is 223 g/mol. The van der Waals surface area contributed by atoms with Crippen LogP contribution in [0.25, 0.3) is 0 Å². The Kier molecular flexibility index (Phi) is 4.90. The predicted molar refractivity (Wildman–Crippen MR) is 63.3 cm³/mol. The van der Waals surface area contributed by atoms with E-state index in [1.165, 1.54) is 19.2 Å². The summed E-state index contributed by atoms with van der Waals surface area (Å²) in [6.45, 7) is 2.03. The van der Waals surface area contributed by atoms with Crippen LogP contribution in [0.1, 0.15) is 12.5 Å². The van der Waals surface area contributed by atoms with E-state index in [0.717, 1.165) is 5.56 Å². The minimum absolute atomic E-state index is 0.0712. The van der Waals surface area contributed by atoms with Gasteiger partial charge in [-0.15, -0.1) is 0 Å². The number of halogens is 1. The lowest BCUT2D eigenvalue weighted by molar-refractivity contribution is -0.126. The number of hydrogen-bond acceptors (Lipinski definition) is 3. The SMILES string of the molecule is CNC(=O)C(C)Oc1ccc(CCN)cc1F. The van der Waals surface area contributed by atoms with Crippen molar-refractivity contribution in [3.63, 3.8) is 0 Å². The highest BCUT2D eigenvalue weighted by atomic mass is 19.1. The second-order valence-electron chi connectivity index (χ2n) is 3.68. The van der Waals surface area contributed by atoms with Crippen LogP contribution in [0.15, 0.2) is 18.2 Å². The van der Waals surface area contributed by atoms with Gasteiger partial charge in [-0.3, -0.25) is 4.79 Å². The molecule has 0 bridgehead atoms. The number of amides is 1. The number of likely N-dealkylation sites (N-methyl/N-ethyl adjacent to an activating group) is 1. The Morgan fingerprint density at radius 3 is 2.82 bits per heavy atom. The van der Waals surface area contributed by atoms with Crippen molar-refractivity contribution in [3.05, 3.63) is 29.6 Å². The molecule has 1 atom stereocenters. The smallest absolute Gasteiger partial charge is 0.260 e. The average molecular weight is 240 g/mol. The van der Waals surface area contributed by atoms with E-state index in [9.17, 15) is 9.18 Å². The number of carbonyl (C=O) groups excluding carboxylic acids is 1. The predicted octanol–water partition coefficient (Wildman–Crippen LogP) is 0.840. The molecule has 0 aliphatic heterocycles. The minimum Gasteiger partial charge on any atom is -0.478 e. The van der Waals surface area contributed by atoms with Gasteiger partial charge in [0.2, 0.25) is 0 Å². The summed E-state index contributed by atoms with van der Waals surface area (Å²) in [6.07, 6.45) is -0.114. The van der Waals surface area contributed by atoms with Crippen molar-refractivity contribution in [3.8, 4) is 5.75 Å². The van der Waals surface area contributed by atoms with E-state index in [4.69, 9.17) is 10.5 Å². The van der Waals surface area contributed by atoms with Crippen molar-refractivity contribution >= 4 is 5.91 Å². The van der Waals surface area contributed by atoms with E-state index in [-0.39, 0.29) is 11.7 Å². The average Bonchev–Trinajstić information content (AvgIpc) is 2.31. The first-order valence-corrected chi connectivity index (χ1v) is 5.45. The lowest BCUT2D eigenvalue weighted by Gasteiger charge is -2.14. The van der Waals surface area contributed by atoms with Crippen molar-refractivity contribution in [1.82, 2.24) is 5.32 Å². The molecule has 0 aromatic heterocycles. The monoisotopic (exact) mass is 240 g/mol. The number of nitrogens with two attached hydrogens (primary N) is 1. The zero-order valence-electron chi connectivity index (χ0n) is 10.00. The summed E-state index contributed by atoms with van der Waals surface area (Å²) < 4.78 is 18.8. The van der Waals surface area contributed by atoms with Crippen LogP contribution in [-0.4, -0.2) is 25.6 Å². The van der Waals surface area contributed by atoms with Crippen molar-refractivity contribution in [1.29, 1.82) is 0 Å². The Morgan fingerprint density at radius 2 is 2.29 bits per heavy atom. The van der Waals surface area contributed by atoms with Crippen molar-refractivity contribution in [2.75, 3.05) is 13.6 Å². The van der Waals surface area contributed by atoms with E-state index in [2.05, 4.69) is 5.32 Å². The van der Waals surface area contributed by atoms with Crippen LogP contribution in [0.5, 0.6) is 5.75 Å². The van der Waals surface area contributed by atoms with Gasteiger partial charge < -0.3 is 15.8 Å². The number of ether oxygens (including phenoxy) is 1. The largest absolute Gasteiger partial charge is 0.478 e. The molecule has 0 saturated heterocycles. The standard InChI is InChI=1S/C12H17FN2O2/c1-8(12(16)15-2)17-11-4-3-9(5-6-14)7-10(11)13/h3-4,7-8H,5-6,14H2,1-2H3,(H,15,16). The van der Waals surface area contributed by atoms with Crippen molar-refractivity contribution < 1.29 is 13.9 Å². The van der Waals surface area contributed by atoms with Crippen LogP contribution in [0.4, 0.5) is 4.39 Å². The summed E-state index contributed by atoms with van der Waals surface area (Å²) in [6, 6.07) is 4.63. The molecule has 0 aliphatic rings. The summed E-state index contributed by atoms with van der Waals surface area (Å²) in [4.78, 5) is 11.2. The van der Waals surface area contributed by atoms with Gasteiger partial charge in [-0.25, -0.2) is 4.39 Å². The number of hydrogen-bond donors (Lipinski definition) is 2. The van der Waals surface area contributed by atoms with Crippen molar-refractivity contribution in [2.24, 2.45) is 5.73 Å². The molecule has 94 valence electrons. The van der Waals surface area contributed by atoms with Crippen LogP contribution in [0.2, 0.25) is 0 Å². The van der Waals surface area contributed by atoms with Gasteiger partial charge in [0.1, 0.15) is 0 Å². The second kappa shape index (κ2) is 6.20. The first-order chi connectivity index (χ1) is 8.08. The molecule has 3 N–H and O–H groups in total. The molecule has 0 heterocycles. The first kappa shape index (κ1) is 13.4. The quantitative estimate of drug-likeness (QED) is 0.801. The fourth-order valence-electron chi connectivity index (χ4n) is 1.41. The highest BCUT2D eigenvalue weighted by molar-refractivity contribution is 5.80. The zero-order valence-corrected chi connectivity index (χ0v) is 10.00. The summed E-state index contributed by atoms with van der Waals surface area (Å²) in [5.74, 6) is -0.705. The third kappa shape index (κ3) is 3.71. The third-order valence-electron chi connectivity index (χ3n) is 2.35. The molecule has 4 nitrogen and oxygen atoms in total. The van der Waals surface area contributed by atoms with Crippen molar-refractivity contribution in [2.45, 2.75) is 19.4 Å². The molecule has 0 spiro atoms. The fourth-order valence-corrected chi connectivity index (χ4v) is 1.41. The lowest BCUT2D eigenvalue weighted by atomic mass is 10.1. The highest BCUT2D eigenvalue weighted by Crippen LogP contribution is 2.19. The molecule has 1 amide bonds. The number of rotatable bonds is 5. The minimum atomic E-state index is -0.727. The Bertz CT molecular complexity index is 396. The van der Waals surface area contributed by atoms with Gasteiger partial charge in [0, 0.05) is 7.05 Å². The maximum Gasteiger partial charge on any atom is 0.260 e. The van der Waals surface area contributed by atoms with Gasteiger partial charge in [-0.05, 0) is 37.6 Å². The van der Waals surface area contributed by atoms with Gasteiger partial charge in [0.05, 0.1) is 0 Å². The Balaban J connectivity index is 2.75. The number of nitrogens with one attached hydrogen (secondary N) is 1. The summed E-state index contributed by atoms with van der Waals surface area (Å²) in [5.41, 5.74) is 6.19. The first-order valence-electron chi connectivity index (χ1n) is 5.45. The van der Waals surface area contributed by atoms with Gasteiger partial charge in [0.25, 0.3) is 5.91 Å². The molecule has 0 saturated carbocycles. The molecule has 5 heteroatoms. The molecule has 1 aromatic rings. The highest BCUT2D eigenvalue weighted by Gasteiger charge is 2.15. The molecule has 1 aromatic carbocycles. The second-order valence-corrected chi connectivity index (χ2v) is 3.68. The number of benzene rings is 1. The molecule has 17 heavy (non-hydrogen) atoms. The van der Waals surface area contributed by atoms with E-state index >= 15 is 0 Å².